The fourth-order valence-electron chi connectivity index (χ4n) is 2.60. The summed E-state index contributed by atoms with van der Waals surface area (Å²) in [7, 11) is 1.69. The van der Waals surface area contributed by atoms with E-state index in [4.69, 9.17) is 14.5 Å². The molecule has 1 aromatic carbocycles. The molecule has 4 nitrogen and oxygen atoms in total. The summed E-state index contributed by atoms with van der Waals surface area (Å²) >= 11 is 1.83. The van der Waals surface area contributed by atoms with Crippen LogP contribution in [0.5, 0.6) is 5.75 Å². The highest BCUT2D eigenvalue weighted by Gasteiger charge is 2.11. The van der Waals surface area contributed by atoms with Crippen molar-refractivity contribution in [1.82, 2.24) is 9.88 Å². The topological polar surface area (TPSA) is 34.6 Å². The fourth-order valence-corrected chi connectivity index (χ4v) is 3.60. The van der Waals surface area contributed by atoms with E-state index in [2.05, 4.69) is 24.0 Å². The number of fused-ring (bicyclic) bond motifs is 1. The Morgan fingerprint density at radius 3 is 2.86 bits per heavy atom. The zero-order chi connectivity index (χ0) is 15.4. The Kier molecular flexibility index (Phi) is 5.18. The van der Waals surface area contributed by atoms with Gasteiger partial charge in [0.2, 0.25) is 0 Å². The highest BCUT2D eigenvalue weighted by molar-refractivity contribution is 7.99. The number of methoxy groups -OCH3 is 1. The number of hydrogen-bond acceptors (Lipinski definition) is 5. The molecule has 2 heterocycles. The van der Waals surface area contributed by atoms with E-state index >= 15 is 0 Å². The molecule has 0 unspecified atom stereocenters. The second-order valence-corrected chi connectivity index (χ2v) is 6.56. The van der Waals surface area contributed by atoms with E-state index < -0.39 is 0 Å². The van der Waals surface area contributed by atoms with Crippen molar-refractivity contribution in [3.63, 3.8) is 0 Å². The Balaban J connectivity index is 1.68. The molecule has 0 amide bonds. The molecule has 1 aromatic heterocycles. The zero-order valence-electron chi connectivity index (χ0n) is 13.2. The summed E-state index contributed by atoms with van der Waals surface area (Å²) in [5, 5.41) is 2.28. The van der Waals surface area contributed by atoms with Gasteiger partial charge in [-0.15, -0.1) is 11.8 Å². The predicted octanol–water partition coefficient (Wildman–Crippen LogP) is 2.98. The lowest BCUT2D eigenvalue weighted by Crippen LogP contribution is -2.37. The van der Waals surface area contributed by atoms with E-state index in [1.54, 1.807) is 7.11 Å². The molecule has 0 aliphatic carbocycles. The number of ether oxygens (including phenoxy) is 2. The van der Waals surface area contributed by atoms with E-state index in [1.807, 2.05) is 23.9 Å². The molecule has 0 spiro atoms. The van der Waals surface area contributed by atoms with Crippen LogP contribution < -0.4 is 4.74 Å². The minimum Gasteiger partial charge on any atom is -0.497 e. The molecule has 2 aromatic rings. The standard InChI is InChI=1S/C17H22N2O2S/c1-13-11-14-3-4-15(20-2)12-16(14)18-17(13)22-10-7-19-5-8-21-9-6-19/h3-4,11-12H,5-10H2,1-2H3. The largest absolute Gasteiger partial charge is 0.497 e. The summed E-state index contributed by atoms with van der Waals surface area (Å²) in [5.41, 5.74) is 2.24. The first-order valence-electron chi connectivity index (χ1n) is 7.64. The average molecular weight is 318 g/mol. The SMILES string of the molecule is COc1ccc2cc(C)c(SCCN3CCOCC3)nc2c1. The van der Waals surface area contributed by atoms with Crippen LogP contribution in [0.15, 0.2) is 29.3 Å². The Morgan fingerprint density at radius 1 is 1.27 bits per heavy atom. The van der Waals surface area contributed by atoms with Crippen LogP contribution in [0.25, 0.3) is 10.9 Å². The summed E-state index contributed by atoms with van der Waals surface area (Å²) < 4.78 is 10.7. The van der Waals surface area contributed by atoms with Gasteiger partial charge in [-0.05, 0) is 30.7 Å². The molecule has 5 heteroatoms. The molecule has 1 aliphatic rings. The molecule has 0 atom stereocenters. The van der Waals surface area contributed by atoms with E-state index in [0.717, 1.165) is 60.3 Å². The maximum atomic E-state index is 5.38. The lowest BCUT2D eigenvalue weighted by Gasteiger charge is -2.26. The summed E-state index contributed by atoms with van der Waals surface area (Å²) in [6.45, 7) is 7.03. The smallest absolute Gasteiger partial charge is 0.121 e. The van der Waals surface area contributed by atoms with Crippen molar-refractivity contribution in [2.45, 2.75) is 11.9 Å². The molecule has 1 saturated heterocycles. The van der Waals surface area contributed by atoms with Crippen molar-refractivity contribution in [2.75, 3.05) is 45.7 Å². The number of aromatic nitrogens is 1. The van der Waals surface area contributed by atoms with Crippen molar-refractivity contribution in [3.05, 3.63) is 29.8 Å². The molecule has 0 N–H and O–H groups in total. The van der Waals surface area contributed by atoms with Gasteiger partial charge in [0.1, 0.15) is 5.75 Å². The van der Waals surface area contributed by atoms with Crippen LogP contribution in [0.2, 0.25) is 0 Å². The molecule has 0 saturated carbocycles. The number of thioether (sulfide) groups is 1. The third-order valence-corrected chi connectivity index (χ3v) is 4.99. The summed E-state index contributed by atoms with van der Waals surface area (Å²) in [5.74, 6) is 1.91. The van der Waals surface area contributed by atoms with Gasteiger partial charge in [-0.3, -0.25) is 4.90 Å². The highest BCUT2D eigenvalue weighted by atomic mass is 32.2. The number of benzene rings is 1. The van der Waals surface area contributed by atoms with Gasteiger partial charge in [-0.2, -0.15) is 0 Å². The van der Waals surface area contributed by atoms with E-state index in [0.29, 0.717) is 0 Å². The van der Waals surface area contributed by atoms with Crippen LogP contribution in [0.3, 0.4) is 0 Å². The third-order valence-electron chi connectivity index (χ3n) is 3.92. The monoisotopic (exact) mass is 318 g/mol. The quantitative estimate of drug-likeness (QED) is 0.792. The van der Waals surface area contributed by atoms with Crippen molar-refractivity contribution in [3.8, 4) is 5.75 Å². The van der Waals surface area contributed by atoms with Crippen molar-refractivity contribution in [2.24, 2.45) is 0 Å². The number of aryl methyl sites for hydroxylation is 1. The zero-order valence-corrected chi connectivity index (χ0v) is 14.0. The van der Waals surface area contributed by atoms with Crippen molar-refractivity contribution >= 4 is 22.7 Å². The van der Waals surface area contributed by atoms with Crippen molar-refractivity contribution in [1.29, 1.82) is 0 Å². The first-order valence-corrected chi connectivity index (χ1v) is 8.63. The first-order chi connectivity index (χ1) is 10.8. The van der Waals surface area contributed by atoms with Gasteiger partial charge in [0.25, 0.3) is 0 Å². The second-order valence-electron chi connectivity index (χ2n) is 5.47. The van der Waals surface area contributed by atoms with Crippen LogP contribution in [0.1, 0.15) is 5.56 Å². The van der Waals surface area contributed by atoms with E-state index in [1.165, 1.54) is 5.56 Å². The number of morpholine rings is 1. The maximum absolute atomic E-state index is 5.38. The molecular formula is C17H22N2O2S. The minimum atomic E-state index is 0.855. The molecule has 1 aliphatic heterocycles. The van der Waals surface area contributed by atoms with Gasteiger partial charge in [0, 0.05) is 36.8 Å². The van der Waals surface area contributed by atoms with Gasteiger partial charge in [0.05, 0.1) is 30.9 Å². The van der Waals surface area contributed by atoms with Gasteiger partial charge in [0.15, 0.2) is 0 Å². The number of pyridine rings is 1. The van der Waals surface area contributed by atoms with Gasteiger partial charge in [-0.25, -0.2) is 4.98 Å². The lowest BCUT2D eigenvalue weighted by molar-refractivity contribution is 0.0410. The molecule has 0 bridgehead atoms. The number of rotatable bonds is 5. The van der Waals surface area contributed by atoms with Crippen LogP contribution in [0.4, 0.5) is 0 Å². The molecule has 0 radical (unpaired) electrons. The summed E-state index contributed by atoms with van der Waals surface area (Å²) in [4.78, 5) is 7.26. The minimum absolute atomic E-state index is 0.855. The predicted molar refractivity (Wildman–Crippen MR) is 91.0 cm³/mol. The Bertz CT molecular complexity index is 642. The first kappa shape index (κ1) is 15.6. The molecule has 118 valence electrons. The number of hydrogen-bond donors (Lipinski definition) is 0. The van der Waals surface area contributed by atoms with Crippen LogP contribution in [-0.4, -0.2) is 55.6 Å². The fraction of sp³-hybridized carbons (Fsp3) is 0.471. The van der Waals surface area contributed by atoms with Crippen molar-refractivity contribution < 1.29 is 9.47 Å². The molecule has 22 heavy (non-hydrogen) atoms. The third kappa shape index (κ3) is 3.72. The maximum Gasteiger partial charge on any atom is 0.121 e. The average Bonchev–Trinajstić information content (AvgIpc) is 2.56. The van der Waals surface area contributed by atoms with Gasteiger partial charge >= 0.3 is 0 Å². The van der Waals surface area contributed by atoms with Crippen LogP contribution in [0, 0.1) is 6.92 Å². The lowest BCUT2D eigenvalue weighted by atomic mass is 10.2. The summed E-state index contributed by atoms with van der Waals surface area (Å²) in [6.07, 6.45) is 0. The van der Waals surface area contributed by atoms with Gasteiger partial charge < -0.3 is 9.47 Å². The molecule has 1 fully saturated rings. The van der Waals surface area contributed by atoms with Crippen LogP contribution >= 0.6 is 11.8 Å². The molecule has 3 rings (SSSR count). The van der Waals surface area contributed by atoms with Gasteiger partial charge in [-0.1, -0.05) is 0 Å². The molecular weight excluding hydrogens is 296 g/mol. The Hall–Kier alpha value is -1.30. The summed E-state index contributed by atoms with van der Waals surface area (Å²) in [6, 6.07) is 8.25. The highest BCUT2D eigenvalue weighted by Crippen LogP contribution is 2.26. The normalized spacial score (nSPS) is 16.1. The van der Waals surface area contributed by atoms with E-state index in [-0.39, 0.29) is 0 Å². The Labute approximate surface area is 135 Å². The number of nitrogens with zero attached hydrogens (tertiary/aromatic N) is 2. The van der Waals surface area contributed by atoms with Crippen LogP contribution in [-0.2, 0) is 4.74 Å². The Morgan fingerprint density at radius 2 is 2.09 bits per heavy atom. The second kappa shape index (κ2) is 7.31. The van der Waals surface area contributed by atoms with E-state index in [9.17, 15) is 0 Å².